The van der Waals surface area contributed by atoms with Crippen molar-refractivity contribution in [2.24, 2.45) is 0 Å². The van der Waals surface area contributed by atoms with Crippen LogP contribution in [0.2, 0.25) is 0 Å². The number of benzene rings is 1. The van der Waals surface area contributed by atoms with Gasteiger partial charge in [0.05, 0.1) is 5.92 Å². The van der Waals surface area contributed by atoms with Gasteiger partial charge in [0.1, 0.15) is 0 Å². The molecule has 0 radical (unpaired) electrons. The highest BCUT2D eigenvalue weighted by atomic mass is 16.5. The van der Waals surface area contributed by atoms with Crippen LogP contribution in [-0.4, -0.2) is 34.5 Å². The summed E-state index contributed by atoms with van der Waals surface area (Å²) >= 11 is 0. The number of likely N-dealkylation sites (N-methyl/N-ethyl adjacent to an activating group) is 1. The van der Waals surface area contributed by atoms with Gasteiger partial charge in [0.25, 0.3) is 0 Å². The van der Waals surface area contributed by atoms with Crippen molar-refractivity contribution in [1.29, 1.82) is 0 Å². The molecule has 20 heavy (non-hydrogen) atoms. The largest absolute Gasteiger partial charge is 0.345 e. The van der Waals surface area contributed by atoms with Crippen LogP contribution in [0.25, 0.3) is 11.4 Å². The Labute approximate surface area is 117 Å². The fourth-order valence-corrected chi connectivity index (χ4v) is 2.59. The molecule has 0 saturated carbocycles. The summed E-state index contributed by atoms with van der Waals surface area (Å²) in [5.74, 6) is 1.31. The number of carbonyl (C=O) groups excluding carboxylic acids is 1. The van der Waals surface area contributed by atoms with Gasteiger partial charge in [-0.2, -0.15) is 4.98 Å². The molecule has 2 aromatic rings. The first kappa shape index (κ1) is 12.8. The second-order valence-electron chi connectivity index (χ2n) is 5.14. The highest BCUT2D eigenvalue weighted by Gasteiger charge is 2.32. The third-order valence-electron chi connectivity index (χ3n) is 3.77. The van der Waals surface area contributed by atoms with Gasteiger partial charge in [0.15, 0.2) is 0 Å². The van der Waals surface area contributed by atoms with E-state index in [0.29, 0.717) is 24.7 Å². The SMILES string of the molecule is CCc1ccccc1-c1noc([C@H]2CC(=O)N(C)C2)n1. The molecule has 0 spiro atoms. The Morgan fingerprint density at radius 3 is 2.90 bits per heavy atom. The number of hydrogen-bond acceptors (Lipinski definition) is 4. The van der Waals surface area contributed by atoms with Crippen LogP contribution in [0.5, 0.6) is 0 Å². The summed E-state index contributed by atoms with van der Waals surface area (Å²) in [6.07, 6.45) is 1.37. The van der Waals surface area contributed by atoms with Crippen LogP contribution < -0.4 is 0 Å². The number of rotatable bonds is 3. The molecule has 1 saturated heterocycles. The fraction of sp³-hybridized carbons (Fsp3) is 0.400. The Morgan fingerprint density at radius 1 is 1.40 bits per heavy atom. The van der Waals surface area contributed by atoms with E-state index in [1.54, 1.807) is 11.9 Å². The molecule has 5 heteroatoms. The lowest BCUT2D eigenvalue weighted by atomic mass is 10.0. The van der Waals surface area contributed by atoms with E-state index in [0.717, 1.165) is 12.0 Å². The van der Waals surface area contributed by atoms with E-state index in [2.05, 4.69) is 23.1 Å². The Morgan fingerprint density at radius 2 is 2.20 bits per heavy atom. The summed E-state index contributed by atoms with van der Waals surface area (Å²) in [7, 11) is 1.80. The number of aromatic nitrogens is 2. The van der Waals surface area contributed by atoms with Crippen LogP contribution in [0.1, 0.15) is 30.7 Å². The van der Waals surface area contributed by atoms with E-state index in [4.69, 9.17) is 4.52 Å². The lowest BCUT2D eigenvalue weighted by Crippen LogP contribution is -2.18. The van der Waals surface area contributed by atoms with Crippen molar-refractivity contribution in [2.45, 2.75) is 25.7 Å². The molecule has 1 aliphatic heterocycles. The van der Waals surface area contributed by atoms with Crippen LogP contribution in [0.4, 0.5) is 0 Å². The number of likely N-dealkylation sites (tertiary alicyclic amines) is 1. The topological polar surface area (TPSA) is 59.2 Å². The number of amides is 1. The Balaban J connectivity index is 1.89. The van der Waals surface area contributed by atoms with Crippen molar-refractivity contribution in [3.63, 3.8) is 0 Å². The van der Waals surface area contributed by atoms with E-state index < -0.39 is 0 Å². The molecule has 0 bridgehead atoms. The molecule has 5 nitrogen and oxygen atoms in total. The molecule has 1 aromatic heterocycles. The summed E-state index contributed by atoms with van der Waals surface area (Å²) in [4.78, 5) is 17.8. The maximum Gasteiger partial charge on any atom is 0.232 e. The molecular weight excluding hydrogens is 254 g/mol. The number of carbonyl (C=O) groups is 1. The summed E-state index contributed by atoms with van der Waals surface area (Å²) < 4.78 is 5.36. The first-order valence-corrected chi connectivity index (χ1v) is 6.85. The quantitative estimate of drug-likeness (QED) is 0.859. The standard InChI is InChI=1S/C15H17N3O2/c1-3-10-6-4-5-7-12(10)14-16-15(20-17-14)11-8-13(19)18(2)9-11/h4-7,11H,3,8-9H2,1-2H3/t11-/m0/s1. The molecule has 1 aromatic carbocycles. The van der Waals surface area contributed by atoms with Gasteiger partial charge in [-0.15, -0.1) is 0 Å². The van der Waals surface area contributed by atoms with E-state index in [9.17, 15) is 4.79 Å². The van der Waals surface area contributed by atoms with E-state index in [1.807, 2.05) is 18.2 Å². The van der Waals surface area contributed by atoms with E-state index >= 15 is 0 Å². The number of nitrogens with zero attached hydrogens (tertiary/aromatic N) is 3. The molecule has 2 heterocycles. The van der Waals surface area contributed by atoms with Gasteiger partial charge in [-0.3, -0.25) is 4.79 Å². The van der Waals surface area contributed by atoms with Crippen LogP contribution >= 0.6 is 0 Å². The molecule has 3 rings (SSSR count). The van der Waals surface area contributed by atoms with Gasteiger partial charge in [0.2, 0.25) is 17.6 Å². The van der Waals surface area contributed by atoms with Gasteiger partial charge in [-0.1, -0.05) is 36.3 Å². The Kier molecular flexibility index (Phi) is 3.26. The van der Waals surface area contributed by atoms with Gasteiger partial charge >= 0.3 is 0 Å². The monoisotopic (exact) mass is 271 g/mol. The van der Waals surface area contributed by atoms with Crippen molar-refractivity contribution >= 4 is 5.91 Å². The predicted octanol–water partition coefficient (Wildman–Crippen LogP) is 2.24. The second kappa shape index (κ2) is 5.07. The molecule has 1 aliphatic rings. The Hall–Kier alpha value is -2.17. The minimum Gasteiger partial charge on any atom is -0.345 e. The molecule has 0 unspecified atom stereocenters. The zero-order valence-corrected chi connectivity index (χ0v) is 11.7. The van der Waals surface area contributed by atoms with Gasteiger partial charge in [0, 0.05) is 25.6 Å². The van der Waals surface area contributed by atoms with Crippen molar-refractivity contribution in [2.75, 3.05) is 13.6 Å². The number of aryl methyl sites for hydroxylation is 1. The van der Waals surface area contributed by atoms with Gasteiger partial charge < -0.3 is 9.42 Å². The zero-order valence-electron chi connectivity index (χ0n) is 11.7. The van der Waals surface area contributed by atoms with E-state index in [1.165, 1.54) is 5.56 Å². The normalized spacial score (nSPS) is 18.8. The average molecular weight is 271 g/mol. The molecular formula is C15H17N3O2. The third kappa shape index (κ3) is 2.19. The summed E-state index contributed by atoms with van der Waals surface area (Å²) in [5.41, 5.74) is 2.20. The zero-order chi connectivity index (χ0) is 14.1. The number of hydrogen-bond donors (Lipinski definition) is 0. The van der Waals surface area contributed by atoms with Crippen molar-refractivity contribution in [3.8, 4) is 11.4 Å². The highest BCUT2D eigenvalue weighted by molar-refractivity contribution is 5.79. The van der Waals surface area contributed by atoms with Crippen molar-refractivity contribution in [1.82, 2.24) is 15.0 Å². The van der Waals surface area contributed by atoms with Crippen molar-refractivity contribution < 1.29 is 9.32 Å². The molecule has 0 N–H and O–H groups in total. The molecule has 104 valence electrons. The average Bonchev–Trinajstić information content (AvgIpc) is 3.07. The summed E-state index contributed by atoms with van der Waals surface area (Å²) in [6.45, 7) is 2.75. The molecule has 1 amide bonds. The minimum absolute atomic E-state index is 0.0162. The van der Waals surface area contributed by atoms with Crippen molar-refractivity contribution in [3.05, 3.63) is 35.7 Å². The lowest BCUT2D eigenvalue weighted by molar-refractivity contribution is -0.126. The first-order valence-electron chi connectivity index (χ1n) is 6.85. The molecule has 0 aliphatic carbocycles. The maximum atomic E-state index is 11.6. The summed E-state index contributed by atoms with van der Waals surface area (Å²) in [5, 5.41) is 4.07. The lowest BCUT2D eigenvalue weighted by Gasteiger charge is -2.06. The third-order valence-corrected chi connectivity index (χ3v) is 3.77. The maximum absolute atomic E-state index is 11.6. The predicted molar refractivity (Wildman–Crippen MR) is 74.1 cm³/mol. The van der Waals surface area contributed by atoms with Gasteiger partial charge in [-0.25, -0.2) is 0 Å². The highest BCUT2D eigenvalue weighted by Crippen LogP contribution is 2.28. The van der Waals surface area contributed by atoms with Crippen LogP contribution in [-0.2, 0) is 11.2 Å². The van der Waals surface area contributed by atoms with E-state index in [-0.39, 0.29) is 11.8 Å². The van der Waals surface area contributed by atoms with Crippen LogP contribution in [0.15, 0.2) is 28.8 Å². The smallest absolute Gasteiger partial charge is 0.232 e. The van der Waals surface area contributed by atoms with Crippen LogP contribution in [0, 0.1) is 0 Å². The summed E-state index contributed by atoms with van der Waals surface area (Å²) in [6, 6.07) is 8.04. The van der Waals surface area contributed by atoms with Gasteiger partial charge in [-0.05, 0) is 12.0 Å². The molecule has 1 atom stereocenters. The first-order chi connectivity index (χ1) is 9.69. The minimum atomic E-state index is 0.0162. The molecule has 1 fully saturated rings. The fourth-order valence-electron chi connectivity index (χ4n) is 2.59. The van der Waals surface area contributed by atoms with Crippen LogP contribution in [0.3, 0.4) is 0 Å². The Bertz CT molecular complexity index is 636. The second-order valence-corrected chi connectivity index (χ2v) is 5.14.